The van der Waals surface area contributed by atoms with E-state index in [9.17, 15) is 14.7 Å². The Labute approximate surface area is 106 Å². The molecular formula is C13H17NO4. The van der Waals surface area contributed by atoms with Crippen molar-refractivity contribution in [1.82, 2.24) is 5.32 Å². The summed E-state index contributed by atoms with van der Waals surface area (Å²) < 4.78 is 4.40. The highest BCUT2D eigenvalue weighted by Gasteiger charge is 2.14. The van der Waals surface area contributed by atoms with Crippen molar-refractivity contribution in [3.63, 3.8) is 0 Å². The SMILES string of the molecule is COC(=O)C[C@@H](O)CC(=O)NCc1ccccc1. The van der Waals surface area contributed by atoms with E-state index < -0.39 is 12.1 Å². The maximum Gasteiger partial charge on any atom is 0.308 e. The van der Waals surface area contributed by atoms with Crippen LogP contribution < -0.4 is 5.32 Å². The number of carbonyl (C=O) groups excluding carboxylic acids is 2. The maximum atomic E-state index is 11.5. The summed E-state index contributed by atoms with van der Waals surface area (Å²) in [5.41, 5.74) is 0.980. The summed E-state index contributed by atoms with van der Waals surface area (Å²) in [5.74, 6) is -0.825. The summed E-state index contributed by atoms with van der Waals surface area (Å²) in [4.78, 5) is 22.3. The van der Waals surface area contributed by atoms with Crippen LogP contribution in [0.2, 0.25) is 0 Å². The number of hydrogen-bond acceptors (Lipinski definition) is 4. The largest absolute Gasteiger partial charge is 0.469 e. The highest BCUT2D eigenvalue weighted by molar-refractivity contribution is 5.77. The predicted molar refractivity (Wildman–Crippen MR) is 65.5 cm³/mol. The van der Waals surface area contributed by atoms with Gasteiger partial charge in [-0.15, -0.1) is 0 Å². The van der Waals surface area contributed by atoms with Crippen LogP contribution in [0, 0.1) is 0 Å². The van der Waals surface area contributed by atoms with Crippen LogP contribution >= 0.6 is 0 Å². The van der Waals surface area contributed by atoms with E-state index in [1.807, 2.05) is 30.3 Å². The molecule has 0 aliphatic heterocycles. The molecule has 1 aromatic rings. The fourth-order valence-electron chi connectivity index (χ4n) is 1.43. The first-order chi connectivity index (χ1) is 8.61. The molecule has 1 atom stereocenters. The van der Waals surface area contributed by atoms with Crippen molar-refractivity contribution in [2.24, 2.45) is 0 Å². The molecule has 0 saturated heterocycles. The molecular weight excluding hydrogens is 234 g/mol. The molecule has 0 fully saturated rings. The lowest BCUT2D eigenvalue weighted by molar-refractivity contribution is -0.143. The van der Waals surface area contributed by atoms with Crippen LogP contribution in [0.5, 0.6) is 0 Å². The number of amides is 1. The van der Waals surface area contributed by atoms with Gasteiger partial charge in [-0.3, -0.25) is 9.59 Å². The van der Waals surface area contributed by atoms with Crippen molar-refractivity contribution >= 4 is 11.9 Å². The predicted octanol–water partition coefficient (Wildman–Crippen LogP) is 0.617. The quantitative estimate of drug-likeness (QED) is 0.727. The van der Waals surface area contributed by atoms with E-state index >= 15 is 0 Å². The van der Waals surface area contributed by atoms with Crippen molar-refractivity contribution in [3.05, 3.63) is 35.9 Å². The molecule has 0 heterocycles. The van der Waals surface area contributed by atoms with E-state index in [4.69, 9.17) is 0 Å². The Morgan fingerprint density at radius 2 is 1.94 bits per heavy atom. The van der Waals surface area contributed by atoms with E-state index in [-0.39, 0.29) is 18.7 Å². The van der Waals surface area contributed by atoms with E-state index in [1.54, 1.807) is 0 Å². The molecule has 18 heavy (non-hydrogen) atoms. The lowest BCUT2D eigenvalue weighted by Gasteiger charge is -2.09. The Kier molecular flexibility index (Phi) is 5.87. The van der Waals surface area contributed by atoms with Crippen molar-refractivity contribution in [1.29, 1.82) is 0 Å². The number of aliphatic hydroxyl groups is 1. The number of benzene rings is 1. The zero-order valence-corrected chi connectivity index (χ0v) is 10.3. The van der Waals surface area contributed by atoms with Gasteiger partial charge < -0.3 is 15.2 Å². The minimum atomic E-state index is -1.01. The number of nitrogens with one attached hydrogen (secondary N) is 1. The molecule has 0 spiro atoms. The average molecular weight is 251 g/mol. The number of rotatable bonds is 6. The molecule has 0 unspecified atom stereocenters. The second-order valence-electron chi connectivity index (χ2n) is 3.90. The first-order valence-electron chi connectivity index (χ1n) is 5.67. The van der Waals surface area contributed by atoms with Gasteiger partial charge in [0.1, 0.15) is 0 Å². The van der Waals surface area contributed by atoms with E-state index in [0.29, 0.717) is 6.54 Å². The Morgan fingerprint density at radius 3 is 2.56 bits per heavy atom. The number of esters is 1. The zero-order chi connectivity index (χ0) is 13.4. The Hall–Kier alpha value is -1.88. The van der Waals surface area contributed by atoms with Crippen molar-refractivity contribution < 1.29 is 19.4 Å². The molecule has 1 aromatic carbocycles. The van der Waals surface area contributed by atoms with Gasteiger partial charge in [-0.2, -0.15) is 0 Å². The molecule has 2 N–H and O–H groups in total. The highest BCUT2D eigenvalue weighted by atomic mass is 16.5. The van der Waals surface area contributed by atoms with Gasteiger partial charge in [-0.05, 0) is 5.56 Å². The molecule has 1 amide bonds. The van der Waals surface area contributed by atoms with Crippen molar-refractivity contribution in [3.8, 4) is 0 Å². The zero-order valence-electron chi connectivity index (χ0n) is 10.3. The van der Waals surface area contributed by atoms with Crippen LogP contribution in [-0.2, 0) is 20.9 Å². The third-order valence-corrected chi connectivity index (χ3v) is 2.38. The van der Waals surface area contributed by atoms with Gasteiger partial charge in [0.05, 0.1) is 26.1 Å². The lowest BCUT2D eigenvalue weighted by atomic mass is 10.1. The monoisotopic (exact) mass is 251 g/mol. The molecule has 0 bridgehead atoms. The summed E-state index contributed by atoms with van der Waals surface area (Å²) >= 11 is 0. The number of aliphatic hydroxyl groups excluding tert-OH is 1. The van der Waals surface area contributed by atoms with Crippen LogP contribution in [0.15, 0.2) is 30.3 Å². The summed E-state index contributed by atoms with van der Waals surface area (Å²) in [6.07, 6.45) is -1.29. The van der Waals surface area contributed by atoms with Crippen LogP contribution in [0.1, 0.15) is 18.4 Å². The number of methoxy groups -OCH3 is 1. The van der Waals surface area contributed by atoms with E-state index in [1.165, 1.54) is 7.11 Å². The second-order valence-corrected chi connectivity index (χ2v) is 3.90. The summed E-state index contributed by atoms with van der Waals surface area (Å²) in [7, 11) is 1.24. The Balaban J connectivity index is 2.27. The highest BCUT2D eigenvalue weighted by Crippen LogP contribution is 2.01. The minimum Gasteiger partial charge on any atom is -0.469 e. The molecule has 1 rings (SSSR count). The third-order valence-electron chi connectivity index (χ3n) is 2.38. The summed E-state index contributed by atoms with van der Waals surface area (Å²) in [6, 6.07) is 9.45. The smallest absolute Gasteiger partial charge is 0.308 e. The Morgan fingerprint density at radius 1 is 1.28 bits per heavy atom. The maximum absolute atomic E-state index is 11.5. The first kappa shape index (κ1) is 14.2. The van der Waals surface area contributed by atoms with Crippen LogP contribution in [0.4, 0.5) is 0 Å². The van der Waals surface area contributed by atoms with Gasteiger partial charge in [0.25, 0.3) is 0 Å². The first-order valence-corrected chi connectivity index (χ1v) is 5.67. The topological polar surface area (TPSA) is 75.6 Å². The van der Waals surface area contributed by atoms with Gasteiger partial charge in [0.15, 0.2) is 0 Å². The van der Waals surface area contributed by atoms with Gasteiger partial charge >= 0.3 is 5.97 Å². The second kappa shape index (κ2) is 7.45. The average Bonchev–Trinajstić information content (AvgIpc) is 2.37. The standard InChI is InChI=1S/C13H17NO4/c1-18-13(17)8-11(15)7-12(16)14-9-10-5-3-2-4-6-10/h2-6,11,15H,7-9H2,1H3,(H,14,16)/t11-/m0/s1. The molecule has 0 radical (unpaired) electrons. The molecule has 0 saturated carbocycles. The minimum absolute atomic E-state index is 0.109. The van der Waals surface area contributed by atoms with Gasteiger partial charge in [-0.1, -0.05) is 30.3 Å². The number of hydrogen-bond donors (Lipinski definition) is 2. The van der Waals surface area contributed by atoms with Crippen LogP contribution in [0.3, 0.4) is 0 Å². The third kappa shape index (κ3) is 5.45. The van der Waals surface area contributed by atoms with Crippen LogP contribution in [-0.4, -0.2) is 30.2 Å². The van der Waals surface area contributed by atoms with Crippen molar-refractivity contribution in [2.45, 2.75) is 25.5 Å². The molecule has 0 aliphatic carbocycles. The number of ether oxygens (including phenoxy) is 1. The van der Waals surface area contributed by atoms with Crippen molar-refractivity contribution in [2.75, 3.05) is 7.11 Å². The Bertz CT molecular complexity index is 391. The lowest BCUT2D eigenvalue weighted by Crippen LogP contribution is -2.28. The van der Waals surface area contributed by atoms with Gasteiger partial charge in [0, 0.05) is 6.54 Å². The molecule has 98 valence electrons. The summed E-state index contributed by atoms with van der Waals surface area (Å²) in [5, 5.41) is 12.1. The van der Waals surface area contributed by atoms with Crippen LogP contribution in [0.25, 0.3) is 0 Å². The van der Waals surface area contributed by atoms with E-state index in [0.717, 1.165) is 5.56 Å². The number of carbonyl (C=O) groups is 2. The van der Waals surface area contributed by atoms with E-state index in [2.05, 4.69) is 10.1 Å². The fourth-order valence-corrected chi connectivity index (χ4v) is 1.43. The molecule has 0 aliphatic rings. The van der Waals surface area contributed by atoms with Gasteiger partial charge in [-0.25, -0.2) is 0 Å². The molecule has 0 aromatic heterocycles. The van der Waals surface area contributed by atoms with Gasteiger partial charge in [0.2, 0.25) is 5.91 Å². The summed E-state index contributed by atoms with van der Waals surface area (Å²) in [6.45, 7) is 0.407. The molecule has 5 heteroatoms. The molecule has 5 nitrogen and oxygen atoms in total. The fraction of sp³-hybridized carbons (Fsp3) is 0.385. The normalized spacial score (nSPS) is 11.7.